The van der Waals surface area contributed by atoms with Gasteiger partial charge in [0.25, 0.3) is 0 Å². The van der Waals surface area contributed by atoms with Gasteiger partial charge in [-0.3, -0.25) is 0 Å². The average Bonchev–Trinajstić information content (AvgIpc) is 2.50. The first-order valence-electron chi connectivity index (χ1n) is 3.05. The van der Waals surface area contributed by atoms with Crippen LogP contribution in [0.25, 0.3) is 10.2 Å². The molecule has 0 aliphatic carbocycles. The van der Waals surface area contributed by atoms with Crippen molar-refractivity contribution in [3.05, 3.63) is 23.7 Å². The number of hydrogen-bond acceptors (Lipinski definition) is 4. The van der Waals surface area contributed by atoms with Crippen molar-refractivity contribution in [2.75, 3.05) is 0 Å². The monoisotopic (exact) mass is 199 g/mol. The number of rotatable bonds is 1. The van der Waals surface area contributed by atoms with E-state index in [1.165, 1.54) is 20.4 Å². The number of benzene rings is 1. The van der Waals surface area contributed by atoms with Crippen molar-refractivity contribution in [1.29, 1.82) is 0 Å². The zero-order chi connectivity index (χ0) is 7.68. The summed E-state index contributed by atoms with van der Waals surface area (Å²) >= 11 is 5.78. The fourth-order valence-electron chi connectivity index (χ4n) is 0.892. The zero-order valence-corrected chi connectivity index (χ0v) is 8.05. The molecule has 0 N–H and O–H groups in total. The lowest BCUT2D eigenvalue weighted by molar-refractivity contribution is 1.46. The second kappa shape index (κ2) is 3.05. The smallest absolute Gasteiger partial charge is 0.0812 e. The predicted octanol–water partition coefficient (Wildman–Crippen LogP) is 3.23. The first-order valence-corrected chi connectivity index (χ1v) is 5.79. The van der Waals surface area contributed by atoms with Crippen LogP contribution in [-0.2, 0) is 0 Å². The van der Waals surface area contributed by atoms with Crippen LogP contribution >= 0.6 is 33.8 Å². The summed E-state index contributed by atoms with van der Waals surface area (Å²) in [5.41, 5.74) is 2.93. The molecule has 0 atom stereocenters. The highest BCUT2D eigenvalue weighted by Crippen LogP contribution is 2.26. The maximum Gasteiger partial charge on any atom is 0.0812 e. The predicted molar refractivity (Wildman–Crippen MR) is 54.5 cm³/mol. The highest BCUT2D eigenvalue weighted by atomic mass is 33.1. The first kappa shape index (κ1) is 7.46. The standard InChI is InChI=1S/C7H5NS3/c9-11-5-1-2-6-7(3-5)10-4-8-6/h1-4,9H. The second-order valence-electron chi connectivity index (χ2n) is 2.07. The molecule has 2 rings (SSSR count). The van der Waals surface area contributed by atoms with E-state index in [4.69, 9.17) is 0 Å². The molecule has 1 aromatic carbocycles. The van der Waals surface area contributed by atoms with Gasteiger partial charge in [-0.15, -0.1) is 23.0 Å². The van der Waals surface area contributed by atoms with Gasteiger partial charge >= 0.3 is 0 Å². The molecule has 0 aliphatic rings. The van der Waals surface area contributed by atoms with Gasteiger partial charge in [-0.2, -0.15) is 0 Å². The summed E-state index contributed by atoms with van der Waals surface area (Å²) in [6.45, 7) is 0. The molecule has 0 unspecified atom stereocenters. The molecule has 2 aromatic rings. The Bertz CT molecular complexity index is 368. The molecule has 0 spiro atoms. The van der Waals surface area contributed by atoms with E-state index in [2.05, 4.69) is 22.7 Å². The highest BCUT2D eigenvalue weighted by molar-refractivity contribution is 8.68. The number of thiazole rings is 1. The third-order valence-electron chi connectivity index (χ3n) is 1.41. The summed E-state index contributed by atoms with van der Waals surface area (Å²) in [4.78, 5) is 5.35. The Morgan fingerprint density at radius 2 is 2.36 bits per heavy atom. The molecule has 0 radical (unpaired) electrons. The minimum atomic E-state index is 1.07. The van der Waals surface area contributed by atoms with E-state index in [1.807, 2.05) is 17.6 Å². The van der Waals surface area contributed by atoms with Gasteiger partial charge in [-0.05, 0) is 18.2 Å². The van der Waals surface area contributed by atoms with E-state index < -0.39 is 0 Å². The molecule has 0 aliphatic heterocycles. The topological polar surface area (TPSA) is 12.9 Å². The van der Waals surface area contributed by atoms with Crippen molar-refractivity contribution in [3.63, 3.8) is 0 Å². The molecule has 11 heavy (non-hydrogen) atoms. The van der Waals surface area contributed by atoms with Gasteiger partial charge in [0.15, 0.2) is 0 Å². The minimum absolute atomic E-state index is 1.07. The van der Waals surface area contributed by atoms with Crippen LogP contribution in [-0.4, -0.2) is 4.98 Å². The minimum Gasteiger partial charge on any atom is -0.245 e. The summed E-state index contributed by atoms with van der Waals surface area (Å²) in [6, 6.07) is 6.15. The average molecular weight is 199 g/mol. The van der Waals surface area contributed by atoms with E-state index in [0.717, 1.165) is 5.52 Å². The van der Waals surface area contributed by atoms with Crippen LogP contribution in [0.15, 0.2) is 28.6 Å². The van der Waals surface area contributed by atoms with E-state index >= 15 is 0 Å². The number of fused-ring (bicyclic) bond motifs is 1. The van der Waals surface area contributed by atoms with Crippen molar-refractivity contribution in [2.24, 2.45) is 0 Å². The summed E-state index contributed by atoms with van der Waals surface area (Å²) < 4.78 is 1.23. The molecule has 1 heterocycles. The molecule has 0 fully saturated rings. The van der Waals surface area contributed by atoms with Crippen molar-refractivity contribution in [2.45, 2.75) is 4.90 Å². The van der Waals surface area contributed by atoms with Crippen molar-refractivity contribution in [3.8, 4) is 0 Å². The normalized spacial score (nSPS) is 10.6. The Hall–Kier alpha value is -0.190. The summed E-state index contributed by atoms with van der Waals surface area (Å²) in [7, 11) is 1.46. The molecule has 4 heteroatoms. The van der Waals surface area contributed by atoms with Crippen LogP contribution in [0.2, 0.25) is 0 Å². The summed E-state index contributed by atoms with van der Waals surface area (Å²) in [6.07, 6.45) is 0. The molecule has 1 aromatic heterocycles. The first-order chi connectivity index (χ1) is 5.40. The largest absolute Gasteiger partial charge is 0.245 e. The van der Waals surface area contributed by atoms with Gasteiger partial charge in [0.1, 0.15) is 0 Å². The fraction of sp³-hybridized carbons (Fsp3) is 0. The zero-order valence-electron chi connectivity index (χ0n) is 5.52. The Labute approximate surface area is 77.7 Å². The van der Waals surface area contributed by atoms with Gasteiger partial charge in [0, 0.05) is 4.90 Å². The number of thiol groups is 1. The van der Waals surface area contributed by atoms with Crippen LogP contribution in [0.5, 0.6) is 0 Å². The second-order valence-corrected chi connectivity index (χ2v) is 4.16. The van der Waals surface area contributed by atoms with Crippen LogP contribution < -0.4 is 0 Å². The lowest BCUT2D eigenvalue weighted by atomic mass is 10.3. The highest BCUT2D eigenvalue weighted by Gasteiger charge is 1.96. The number of hydrogen-bond donors (Lipinski definition) is 1. The molecule has 56 valence electrons. The maximum absolute atomic E-state index is 4.18. The lowest BCUT2D eigenvalue weighted by Gasteiger charge is -1.92. The van der Waals surface area contributed by atoms with Crippen molar-refractivity contribution < 1.29 is 0 Å². The van der Waals surface area contributed by atoms with E-state index in [0.29, 0.717) is 0 Å². The van der Waals surface area contributed by atoms with E-state index in [-0.39, 0.29) is 0 Å². The Balaban J connectivity index is 2.67. The molecule has 1 nitrogen and oxygen atoms in total. The van der Waals surface area contributed by atoms with Crippen LogP contribution in [0, 0.1) is 0 Å². The van der Waals surface area contributed by atoms with Crippen molar-refractivity contribution >= 4 is 44.0 Å². The Kier molecular flexibility index (Phi) is 2.07. The van der Waals surface area contributed by atoms with Crippen LogP contribution in [0.1, 0.15) is 0 Å². The van der Waals surface area contributed by atoms with Gasteiger partial charge < -0.3 is 0 Å². The van der Waals surface area contributed by atoms with E-state index in [9.17, 15) is 0 Å². The maximum atomic E-state index is 4.18. The van der Waals surface area contributed by atoms with Crippen LogP contribution in [0.4, 0.5) is 0 Å². The van der Waals surface area contributed by atoms with Gasteiger partial charge in [-0.25, -0.2) is 4.98 Å². The summed E-state index contributed by atoms with van der Waals surface area (Å²) in [5.74, 6) is 0. The molecule has 0 amide bonds. The SMILES string of the molecule is SSc1ccc2ncsc2c1. The third-order valence-corrected chi connectivity index (χ3v) is 3.30. The van der Waals surface area contributed by atoms with Gasteiger partial charge in [-0.1, -0.05) is 10.8 Å². The lowest BCUT2D eigenvalue weighted by Crippen LogP contribution is -1.67. The third kappa shape index (κ3) is 1.38. The van der Waals surface area contributed by atoms with Gasteiger partial charge in [0.05, 0.1) is 15.7 Å². The van der Waals surface area contributed by atoms with Gasteiger partial charge in [0.2, 0.25) is 0 Å². The number of aromatic nitrogens is 1. The molecule has 0 saturated carbocycles. The fourth-order valence-corrected chi connectivity index (χ4v) is 2.32. The molecule has 0 bridgehead atoms. The van der Waals surface area contributed by atoms with Crippen LogP contribution in [0.3, 0.4) is 0 Å². The number of nitrogens with zero attached hydrogens (tertiary/aromatic N) is 1. The molecule has 0 saturated heterocycles. The quantitative estimate of drug-likeness (QED) is 0.559. The molecular formula is C7H5NS3. The van der Waals surface area contributed by atoms with Crippen molar-refractivity contribution in [1.82, 2.24) is 4.98 Å². The summed E-state index contributed by atoms with van der Waals surface area (Å²) in [5, 5.41) is 0. The van der Waals surface area contributed by atoms with E-state index in [1.54, 1.807) is 11.3 Å². The Morgan fingerprint density at radius 1 is 1.45 bits per heavy atom. The molecular weight excluding hydrogens is 194 g/mol. The Morgan fingerprint density at radius 3 is 3.18 bits per heavy atom.